The zero-order valence-electron chi connectivity index (χ0n) is 13.4. The Balaban J connectivity index is 1.98. The predicted molar refractivity (Wildman–Crippen MR) is 85.4 cm³/mol. The summed E-state index contributed by atoms with van der Waals surface area (Å²) < 4.78 is 0. The van der Waals surface area contributed by atoms with Gasteiger partial charge in [-0.05, 0) is 79.0 Å². The van der Waals surface area contributed by atoms with E-state index in [1.807, 2.05) is 13.0 Å². The van der Waals surface area contributed by atoms with Gasteiger partial charge < -0.3 is 10.2 Å². The number of hydrogen-bond acceptors (Lipinski definition) is 3. The number of benzene rings is 1. The molecule has 2 aliphatic rings. The molecule has 2 N–H and O–H groups in total. The molecule has 0 radical (unpaired) electrons. The first-order chi connectivity index (χ1) is 10.5. The lowest BCUT2D eigenvalue weighted by atomic mass is 9.52. The molecule has 0 unspecified atom stereocenters. The van der Waals surface area contributed by atoms with E-state index in [2.05, 4.69) is 19.1 Å². The van der Waals surface area contributed by atoms with E-state index in [-0.39, 0.29) is 17.4 Å². The first kappa shape index (κ1) is 15.4. The number of nitrogens with zero attached hydrogens (tertiary/aromatic N) is 1. The van der Waals surface area contributed by atoms with Crippen LogP contribution in [0.5, 0.6) is 5.75 Å². The molecular weight excluding hydrogens is 274 g/mol. The molecule has 2 aliphatic carbocycles. The van der Waals surface area contributed by atoms with Gasteiger partial charge in [0.25, 0.3) is 0 Å². The number of fused-ring (bicyclic) bond motifs is 3. The van der Waals surface area contributed by atoms with Crippen molar-refractivity contribution < 1.29 is 10.2 Å². The van der Waals surface area contributed by atoms with Crippen LogP contribution in [0.25, 0.3) is 0 Å². The summed E-state index contributed by atoms with van der Waals surface area (Å²) in [6.07, 6.45) is 4.17. The Morgan fingerprint density at radius 1 is 1.41 bits per heavy atom. The molecule has 0 heterocycles. The number of aryl methyl sites for hydroxylation is 1. The van der Waals surface area contributed by atoms with Gasteiger partial charge in [0.1, 0.15) is 5.75 Å². The molecule has 1 aromatic carbocycles. The molecule has 1 fully saturated rings. The van der Waals surface area contributed by atoms with Crippen molar-refractivity contribution in [2.45, 2.75) is 58.0 Å². The van der Waals surface area contributed by atoms with E-state index in [9.17, 15) is 15.5 Å². The highest BCUT2D eigenvalue weighted by atomic mass is 16.3. The van der Waals surface area contributed by atoms with Crippen LogP contribution in [-0.2, 0) is 6.42 Å². The van der Waals surface area contributed by atoms with Gasteiger partial charge in [-0.3, -0.25) is 0 Å². The van der Waals surface area contributed by atoms with Crippen LogP contribution in [0, 0.1) is 28.6 Å². The predicted octanol–water partition coefficient (Wildman–Crippen LogP) is 3.75. The number of hydrogen-bond donors (Lipinski definition) is 2. The molecule has 1 saturated carbocycles. The number of nitriles is 1. The van der Waals surface area contributed by atoms with E-state index in [1.54, 1.807) is 6.07 Å². The van der Waals surface area contributed by atoms with Gasteiger partial charge in [-0.25, -0.2) is 0 Å². The minimum atomic E-state index is -0.381. The number of aliphatic hydroxyl groups excluding tert-OH is 1. The number of aliphatic hydroxyl groups is 1. The first-order valence-corrected chi connectivity index (χ1v) is 8.34. The van der Waals surface area contributed by atoms with Crippen molar-refractivity contribution in [3.8, 4) is 11.8 Å². The maximum absolute atomic E-state index is 10.3. The topological polar surface area (TPSA) is 64.2 Å². The van der Waals surface area contributed by atoms with E-state index in [4.69, 9.17) is 0 Å². The molecule has 1 aromatic rings. The minimum Gasteiger partial charge on any atom is -0.508 e. The molecule has 0 spiro atoms. The first-order valence-electron chi connectivity index (χ1n) is 8.34. The third-order valence-electron chi connectivity index (χ3n) is 6.41. The summed E-state index contributed by atoms with van der Waals surface area (Å²) in [4.78, 5) is 0. The molecule has 118 valence electrons. The number of phenols is 1. The van der Waals surface area contributed by atoms with Crippen LogP contribution in [0.3, 0.4) is 0 Å². The van der Waals surface area contributed by atoms with Gasteiger partial charge in [-0.15, -0.1) is 0 Å². The molecule has 0 saturated heterocycles. The second-order valence-corrected chi connectivity index (χ2v) is 7.38. The summed E-state index contributed by atoms with van der Waals surface area (Å²) in [5.74, 6) is 1.52. The third kappa shape index (κ3) is 2.30. The van der Waals surface area contributed by atoms with Gasteiger partial charge in [0.2, 0.25) is 0 Å². The molecule has 22 heavy (non-hydrogen) atoms. The highest BCUT2D eigenvalue weighted by molar-refractivity contribution is 5.40. The van der Waals surface area contributed by atoms with Crippen molar-refractivity contribution in [3.05, 3.63) is 29.3 Å². The Kier molecular flexibility index (Phi) is 3.91. The quantitative estimate of drug-likeness (QED) is 0.874. The van der Waals surface area contributed by atoms with Crippen molar-refractivity contribution in [2.24, 2.45) is 17.3 Å². The molecule has 0 bridgehead atoms. The molecule has 3 nitrogen and oxygen atoms in total. The lowest BCUT2D eigenvalue weighted by molar-refractivity contribution is -0.0579. The monoisotopic (exact) mass is 299 g/mol. The van der Waals surface area contributed by atoms with Crippen molar-refractivity contribution in [2.75, 3.05) is 0 Å². The third-order valence-corrected chi connectivity index (χ3v) is 6.41. The number of phenolic OH excluding ortho intramolecular Hbond substituents is 1. The van der Waals surface area contributed by atoms with Gasteiger partial charge in [-0.1, -0.05) is 13.0 Å². The van der Waals surface area contributed by atoms with E-state index in [1.165, 1.54) is 11.1 Å². The lowest BCUT2D eigenvalue weighted by Gasteiger charge is -2.52. The zero-order valence-corrected chi connectivity index (χ0v) is 13.4. The Bertz CT molecular complexity index is 604. The average Bonchev–Trinajstić information content (AvgIpc) is 2.49. The fourth-order valence-electron chi connectivity index (χ4n) is 4.92. The summed E-state index contributed by atoms with van der Waals surface area (Å²) in [5.41, 5.74) is 2.45. The highest BCUT2D eigenvalue weighted by Gasteiger charge is 2.50. The zero-order chi connectivity index (χ0) is 15.9. The average molecular weight is 299 g/mol. The van der Waals surface area contributed by atoms with Crippen LogP contribution in [-0.4, -0.2) is 16.3 Å². The van der Waals surface area contributed by atoms with Gasteiger partial charge in [0.15, 0.2) is 0 Å². The van der Waals surface area contributed by atoms with Crippen LogP contribution < -0.4 is 0 Å². The summed E-state index contributed by atoms with van der Waals surface area (Å²) in [7, 11) is 0. The van der Waals surface area contributed by atoms with Gasteiger partial charge >= 0.3 is 0 Å². The second kappa shape index (κ2) is 5.59. The van der Waals surface area contributed by atoms with Crippen molar-refractivity contribution in [3.63, 3.8) is 0 Å². The highest BCUT2D eigenvalue weighted by Crippen LogP contribution is 2.57. The van der Waals surface area contributed by atoms with E-state index < -0.39 is 0 Å². The minimum absolute atomic E-state index is 0.161. The number of aromatic hydroxyl groups is 1. The summed E-state index contributed by atoms with van der Waals surface area (Å²) in [6, 6.07) is 8.10. The Morgan fingerprint density at radius 3 is 2.86 bits per heavy atom. The summed E-state index contributed by atoms with van der Waals surface area (Å²) in [5, 5.41) is 29.3. The molecule has 3 heteroatoms. The van der Waals surface area contributed by atoms with Crippen LogP contribution in [0.2, 0.25) is 0 Å². The molecular formula is C19H25NO2. The molecule has 0 aliphatic heterocycles. The van der Waals surface area contributed by atoms with E-state index >= 15 is 0 Å². The smallest absolute Gasteiger partial charge is 0.115 e. The largest absolute Gasteiger partial charge is 0.508 e. The molecule has 3 rings (SSSR count). The maximum atomic E-state index is 10.3. The van der Waals surface area contributed by atoms with Gasteiger partial charge in [0, 0.05) is 6.42 Å². The fraction of sp³-hybridized carbons (Fsp3) is 0.632. The van der Waals surface area contributed by atoms with Crippen LogP contribution in [0.1, 0.15) is 56.6 Å². The van der Waals surface area contributed by atoms with Gasteiger partial charge in [0.05, 0.1) is 12.2 Å². The van der Waals surface area contributed by atoms with Crippen molar-refractivity contribution in [1.29, 1.82) is 5.26 Å². The standard InChI is InChI=1S/C19H25NO2/c1-12(21)19(2)9-7-16-15-6-4-14(22)11-13(15)3-5-17(16)18(19)8-10-20/h4,6,11-12,16-18,21-22H,3,5,7-9H2,1-2H3/t12-,16+,17+,18-,19+/m0/s1. The molecule has 0 aromatic heterocycles. The van der Waals surface area contributed by atoms with Crippen LogP contribution in [0.4, 0.5) is 0 Å². The Labute approximate surface area is 132 Å². The summed E-state index contributed by atoms with van der Waals surface area (Å²) in [6.45, 7) is 4.03. The van der Waals surface area contributed by atoms with E-state index in [0.717, 1.165) is 25.7 Å². The SMILES string of the molecule is C[C@H](O)[C@@]1(C)CC[C@@H]2c3ccc(O)cc3CC[C@H]2[C@@H]1CC#N. The fourth-order valence-corrected chi connectivity index (χ4v) is 4.92. The normalized spacial score (nSPS) is 35.1. The second-order valence-electron chi connectivity index (χ2n) is 7.38. The van der Waals surface area contributed by atoms with Crippen molar-refractivity contribution >= 4 is 0 Å². The van der Waals surface area contributed by atoms with Crippen LogP contribution >= 0.6 is 0 Å². The van der Waals surface area contributed by atoms with Crippen LogP contribution in [0.15, 0.2) is 18.2 Å². The molecule has 5 atom stereocenters. The Hall–Kier alpha value is -1.53. The maximum Gasteiger partial charge on any atom is 0.115 e. The van der Waals surface area contributed by atoms with Crippen molar-refractivity contribution in [1.82, 2.24) is 0 Å². The summed E-state index contributed by atoms with van der Waals surface area (Å²) >= 11 is 0. The molecule has 0 amide bonds. The Morgan fingerprint density at radius 2 is 2.18 bits per heavy atom. The van der Waals surface area contributed by atoms with E-state index in [0.29, 0.717) is 24.0 Å². The number of rotatable bonds is 2. The van der Waals surface area contributed by atoms with Gasteiger partial charge in [-0.2, -0.15) is 5.26 Å². The lowest BCUT2D eigenvalue weighted by Crippen LogP contribution is -2.47.